The predicted molar refractivity (Wildman–Crippen MR) is 59.0 cm³/mol. The molecule has 0 unspecified atom stereocenters. The van der Waals surface area contributed by atoms with Gasteiger partial charge in [0, 0.05) is 31.2 Å². The van der Waals surface area contributed by atoms with Gasteiger partial charge in [0.05, 0.1) is 6.17 Å². The van der Waals surface area contributed by atoms with E-state index in [2.05, 4.69) is 30.6 Å². The number of nitrogens with zero attached hydrogens (tertiary/aromatic N) is 2. The van der Waals surface area contributed by atoms with E-state index in [1.54, 1.807) is 0 Å². The van der Waals surface area contributed by atoms with Crippen LogP contribution >= 0.6 is 0 Å². The fraction of sp³-hybridized carbons (Fsp3) is 1.00. The highest BCUT2D eigenvalue weighted by Crippen LogP contribution is 2.45. The van der Waals surface area contributed by atoms with Crippen molar-refractivity contribution >= 4 is 0 Å². The molecule has 14 heavy (non-hydrogen) atoms. The van der Waals surface area contributed by atoms with Crippen LogP contribution in [0.1, 0.15) is 33.6 Å². The van der Waals surface area contributed by atoms with Crippen LogP contribution in [0.25, 0.3) is 0 Å². The van der Waals surface area contributed by atoms with Gasteiger partial charge >= 0.3 is 0 Å². The molecule has 1 saturated heterocycles. The van der Waals surface area contributed by atoms with Gasteiger partial charge < -0.3 is 5.73 Å². The highest BCUT2D eigenvalue weighted by molar-refractivity contribution is 5.09. The highest BCUT2D eigenvalue weighted by Gasteiger charge is 2.51. The molecule has 1 atom stereocenters. The third-order valence-corrected chi connectivity index (χ3v) is 3.76. The van der Waals surface area contributed by atoms with Crippen molar-refractivity contribution in [2.24, 2.45) is 5.73 Å². The minimum absolute atomic E-state index is 0.224. The first-order chi connectivity index (χ1) is 6.55. The quantitative estimate of drug-likeness (QED) is 0.712. The molecule has 0 aromatic carbocycles. The lowest BCUT2D eigenvalue weighted by atomic mass is 10.1. The smallest absolute Gasteiger partial charge is 0.0543 e. The van der Waals surface area contributed by atoms with Gasteiger partial charge in [-0.3, -0.25) is 9.80 Å². The van der Waals surface area contributed by atoms with Gasteiger partial charge in [0.15, 0.2) is 0 Å². The Balaban J connectivity index is 2.02. The molecule has 1 aliphatic heterocycles. The molecule has 1 heterocycles. The largest absolute Gasteiger partial charge is 0.316 e. The number of hydrogen-bond acceptors (Lipinski definition) is 3. The highest BCUT2D eigenvalue weighted by atomic mass is 15.4. The van der Waals surface area contributed by atoms with Crippen molar-refractivity contribution in [3.8, 4) is 0 Å². The lowest BCUT2D eigenvalue weighted by Crippen LogP contribution is -2.60. The standard InChI is InChI=1S/C11H23N3/c1-9(2)14-7-6-13(10(3)12)8-11(14)4-5-11/h9-10H,4-8,12H2,1-3H3/t10-/m0/s1. The maximum atomic E-state index is 5.94. The molecule has 82 valence electrons. The second kappa shape index (κ2) is 3.47. The van der Waals surface area contributed by atoms with Crippen LogP contribution in [0.5, 0.6) is 0 Å². The minimum Gasteiger partial charge on any atom is -0.316 e. The van der Waals surface area contributed by atoms with Gasteiger partial charge in [-0.15, -0.1) is 0 Å². The molecule has 0 amide bonds. The van der Waals surface area contributed by atoms with E-state index in [-0.39, 0.29) is 6.17 Å². The third kappa shape index (κ3) is 1.69. The normalized spacial score (nSPS) is 29.8. The first-order valence-electron chi connectivity index (χ1n) is 5.81. The van der Waals surface area contributed by atoms with Gasteiger partial charge in [0.2, 0.25) is 0 Å². The van der Waals surface area contributed by atoms with Crippen molar-refractivity contribution in [3.63, 3.8) is 0 Å². The fourth-order valence-corrected chi connectivity index (χ4v) is 2.76. The molecule has 3 nitrogen and oxygen atoms in total. The van der Waals surface area contributed by atoms with Crippen LogP contribution < -0.4 is 5.73 Å². The molecule has 0 aromatic rings. The average Bonchev–Trinajstić information content (AvgIpc) is 2.84. The van der Waals surface area contributed by atoms with Crippen molar-refractivity contribution in [3.05, 3.63) is 0 Å². The Labute approximate surface area is 87.2 Å². The number of hydrogen-bond donors (Lipinski definition) is 1. The van der Waals surface area contributed by atoms with Crippen molar-refractivity contribution < 1.29 is 0 Å². The third-order valence-electron chi connectivity index (χ3n) is 3.76. The maximum absolute atomic E-state index is 5.94. The van der Waals surface area contributed by atoms with Crippen LogP contribution in [0, 0.1) is 0 Å². The number of rotatable bonds is 2. The maximum Gasteiger partial charge on any atom is 0.0543 e. The van der Waals surface area contributed by atoms with Gasteiger partial charge in [-0.25, -0.2) is 0 Å². The van der Waals surface area contributed by atoms with Gasteiger partial charge in [-0.2, -0.15) is 0 Å². The van der Waals surface area contributed by atoms with Gasteiger partial charge in [0.1, 0.15) is 0 Å². The zero-order valence-corrected chi connectivity index (χ0v) is 9.66. The first kappa shape index (κ1) is 10.4. The summed E-state index contributed by atoms with van der Waals surface area (Å²) in [5.74, 6) is 0. The molecule has 2 fully saturated rings. The predicted octanol–water partition coefficient (Wildman–Crippen LogP) is 0.850. The van der Waals surface area contributed by atoms with E-state index in [0.717, 1.165) is 6.54 Å². The number of nitrogens with two attached hydrogens (primary N) is 1. The fourth-order valence-electron chi connectivity index (χ4n) is 2.76. The Morgan fingerprint density at radius 1 is 1.14 bits per heavy atom. The van der Waals surface area contributed by atoms with Gasteiger partial charge in [-0.1, -0.05) is 0 Å². The van der Waals surface area contributed by atoms with Crippen LogP contribution in [0.4, 0.5) is 0 Å². The van der Waals surface area contributed by atoms with E-state index in [9.17, 15) is 0 Å². The molecule has 0 bridgehead atoms. The summed E-state index contributed by atoms with van der Waals surface area (Å²) in [7, 11) is 0. The molecule has 3 heteroatoms. The Morgan fingerprint density at radius 2 is 1.79 bits per heavy atom. The van der Waals surface area contributed by atoms with Crippen LogP contribution in [0.3, 0.4) is 0 Å². The monoisotopic (exact) mass is 197 g/mol. The molecule has 0 aromatic heterocycles. The summed E-state index contributed by atoms with van der Waals surface area (Å²) in [6.07, 6.45) is 2.96. The molecular weight excluding hydrogens is 174 g/mol. The summed E-state index contributed by atoms with van der Waals surface area (Å²) in [5.41, 5.74) is 6.45. The second-order valence-electron chi connectivity index (χ2n) is 5.22. The Hall–Kier alpha value is -0.120. The van der Waals surface area contributed by atoms with E-state index in [1.807, 2.05) is 0 Å². The van der Waals surface area contributed by atoms with Gasteiger partial charge in [0.25, 0.3) is 0 Å². The van der Waals surface area contributed by atoms with Crippen molar-refractivity contribution in [1.29, 1.82) is 0 Å². The summed E-state index contributed by atoms with van der Waals surface area (Å²) in [5, 5.41) is 0. The second-order valence-corrected chi connectivity index (χ2v) is 5.22. The summed E-state index contributed by atoms with van der Waals surface area (Å²) >= 11 is 0. The average molecular weight is 197 g/mol. The lowest BCUT2D eigenvalue weighted by Gasteiger charge is -2.45. The molecular formula is C11H23N3. The van der Waals surface area contributed by atoms with E-state index < -0.39 is 0 Å². The number of piperazine rings is 1. The van der Waals surface area contributed by atoms with E-state index in [4.69, 9.17) is 5.73 Å². The van der Waals surface area contributed by atoms with Crippen LogP contribution in [0.2, 0.25) is 0 Å². The zero-order valence-electron chi connectivity index (χ0n) is 9.66. The molecule has 2 rings (SSSR count). The van der Waals surface area contributed by atoms with Crippen molar-refractivity contribution in [1.82, 2.24) is 9.80 Å². The van der Waals surface area contributed by atoms with Crippen molar-refractivity contribution in [2.45, 2.75) is 51.4 Å². The first-order valence-corrected chi connectivity index (χ1v) is 5.81. The topological polar surface area (TPSA) is 32.5 Å². The SMILES string of the molecule is CC(C)N1CCN([C@@H](C)N)CC12CC2. The molecule has 2 N–H and O–H groups in total. The molecule has 1 spiro atoms. The van der Waals surface area contributed by atoms with E-state index in [0.29, 0.717) is 11.6 Å². The van der Waals surface area contributed by atoms with Gasteiger partial charge in [-0.05, 0) is 33.6 Å². The zero-order chi connectivity index (χ0) is 10.3. The van der Waals surface area contributed by atoms with E-state index in [1.165, 1.54) is 25.9 Å². The lowest BCUT2D eigenvalue weighted by molar-refractivity contribution is 0.0201. The van der Waals surface area contributed by atoms with Crippen LogP contribution in [-0.4, -0.2) is 47.2 Å². The van der Waals surface area contributed by atoms with Crippen molar-refractivity contribution in [2.75, 3.05) is 19.6 Å². The van der Waals surface area contributed by atoms with Crippen LogP contribution in [0.15, 0.2) is 0 Å². The van der Waals surface area contributed by atoms with E-state index >= 15 is 0 Å². The summed E-state index contributed by atoms with van der Waals surface area (Å²) in [4.78, 5) is 5.10. The summed E-state index contributed by atoms with van der Waals surface area (Å²) in [6.45, 7) is 10.2. The minimum atomic E-state index is 0.224. The Morgan fingerprint density at radius 3 is 2.21 bits per heavy atom. The Bertz CT molecular complexity index is 209. The summed E-state index contributed by atoms with van der Waals surface area (Å²) in [6, 6.07) is 0.688. The molecule has 1 aliphatic carbocycles. The Kier molecular flexibility index (Phi) is 2.58. The summed E-state index contributed by atoms with van der Waals surface area (Å²) < 4.78 is 0. The van der Waals surface area contributed by atoms with Crippen LogP contribution in [-0.2, 0) is 0 Å². The molecule has 2 aliphatic rings. The molecule has 1 saturated carbocycles. The molecule has 0 radical (unpaired) electrons.